The number of amides is 2. The van der Waals surface area contributed by atoms with E-state index < -0.39 is 0 Å². The molecule has 2 amide bonds. The number of hydrogen-bond donors (Lipinski definition) is 0. The van der Waals surface area contributed by atoms with E-state index in [4.69, 9.17) is 4.74 Å². The maximum Gasteiger partial charge on any atom is 0.414 e. The zero-order chi connectivity index (χ0) is 23.8. The predicted octanol–water partition coefficient (Wildman–Crippen LogP) is 5.41. The highest BCUT2D eigenvalue weighted by Crippen LogP contribution is 2.42. The number of anilines is 2. The van der Waals surface area contributed by atoms with Crippen molar-refractivity contribution in [3.63, 3.8) is 0 Å². The lowest BCUT2D eigenvalue weighted by Crippen LogP contribution is -2.52. The highest BCUT2D eigenvalue weighted by atomic mass is 16.6. The number of carbonyl (C=O) groups excluding carboxylic acids is 2. The van der Waals surface area contributed by atoms with Crippen LogP contribution in [0.4, 0.5) is 16.2 Å². The van der Waals surface area contributed by atoms with Crippen LogP contribution in [0.3, 0.4) is 0 Å². The number of benzene rings is 1. The second-order valence-electron chi connectivity index (χ2n) is 10.8. The fraction of sp³-hybridized carbons (Fsp3) is 0.692. The summed E-state index contributed by atoms with van der Waals surface area (Å²) >= 11 is 0. The van der Waals surface area contributed by atoms with Crippen LogP contribution in [-0.4, -0.2) is 54.7 Å². The number of nitrogens with zero attached hydrogens (tertiary/aromatic N) is 3. The lowest BCUT2D eigenvalue weighted by molar-refractivity contribution is -0.120. The van der Waals surface area contributed by atoms with Crippen LogP contribution in [0.2, 0.25) is 0 Å². The van der Waals surface area contributed by atoms with Crippen LogP contribution < -0.4 is 9.80 Å². The van der Waals surface area contributed by atoms with Crippen LogP contribution in [0.1, 0.15) is 79.2 Å². The summed E-state index contributed by atoms with van der Waals surface area (Å²) in [6.07, 6.45) is 2.39. The Balaban J connectivity index is 2.00. The van der Waals surface area contributed by atoms with Gasteiger partial charge in [-0.05, 0) is 91.5 Å². The van der Waals surface area contributed by atoms with E-state index in [1.807, 2.05) is 31.7 Å². The first kappa shape index (κ1) is 24.6. The molecule has 1 heterocycles. The Morgan fingerprint density at radius 3 is 2.38 bits per heavy atom. The van der Waals surface area contributed by atoms with E-state index in [1.54, 1.807) is 4.90 Å². The average Bonchev–Trinajstić information content (AvgIpc) is 3.54. The van der Waals surface area contributed by atoms with Gasteiger partial charge in [0.15, 0.2) is 0 Å². The largest absolute Gasteiger partial charge is 0.446 e. The predicted molar refractivity (Wildman–Crippen MR) is 130 cm³/mol. The highest BCUT2D eigenvalue weighted by Gasteiger charge is 2.41. The van der Waals surface area contributed by atoms with Crippen molar-refractivity contribution in [3.05, 3.63) is 23.8 Å². The summed E-state index contributed by atoms with van der Waals surface area (Å²) in [4.78, 5) is 32.1. The SMILES string of the molecule is CCC(CN(C)C(C)(C)C)c1ccc2c(c1)N(C(=O)OC(C)C)C[C@H](C)N2C(=O)C1CC1. The van der Waals surface area contributed by atoms with Crippen molar-refractivity contribution < 1.29 is 14.3 Å². The number of carbonyl (C=O) groups is 2. The highest BCUT2D eigenvalue weighted by molar-refractivity contribution is 6.04. The molecule has 1 unspecified atom stereocenters. The fourth-order valence-electron chi connectivity index (χ4n) is 4.27. The molecule has 2 aliphatic rings. The van der Waals surface area contributed by atoms with Crippen molar-refractivity contribution in [1.82, 2.24) is 4.90 Å². The second kappa shape index (κ2) is 9.42. The molecule has 0 spiro atoms. The quantitative estimate of drug-likeness (QED) is 0.590. The Morgan fingerprint density at radius 2 is 1.84 bits per heavy atom. The lowest BCUT2D eigenvalue weighted by atomic mass is 9.92. The molecule has 6 nitrogen and oxygen atoms in total. The van der Waals surface area contributed by atoms with Crippen LogP contribution in [-0.2, 0) is 9.53 Å². The van der Waals surface area contributed by atoms with E-state index in [2.05, 4.69) is 51.8 Å². The number of fused-ring (bicyclic) bond motifs is 1. The van der Waals surface area contributed by atoms with E-state index in [1.165, 1.54) is 5.56 Å². The second-order valence-corrected chi connectivity index (χ2v) is 10.8. The van der Waals surface area contributed by atoms with Crippen molar-refractivity contribution in [1.29, 1.82) is 0 Å². The van der Waals surface area contributed by atoms with Crippen molar-refractivity contribution >= 4 is 23.4 Å². The molecule has 3 rings (SSSR count). The monoisotopic (exact) mass is 443 g/mol. The molecule has 1 aliphatic carbocycles. The number of ether oxygens (including phenoxy) is 1. The number of likely N-dealkylation sites (N-methyl/N-ethyl adjacent to an activating group) is 1. The van der Waals surface area contributed by atoms with E-state index in [-0.39, 0.29) is 35.6 Å². The van der Waals surface area contributed by atoms with Crippen molar-refractivity contribution in [2.75, 3.05) is 29.9 Å². The normalized spacial score (nSPS) is 19.9. The Labute approximate surface area is 193 Å². The number of hydrogen-bond acceptors (Lipinski definition) is 4. The van der Waals surface area contributed by atoms with E-state index in [0.717, 1.165) is 37.2 Å². The molecule has 0 aromatic heterocycles. The van der Waals surface area contributed by atoms with Crippen LogP contribution in [0, 0.1) is 5.92 Å². The molecular formula is C26H41N3O3. The standard InChI is InChI=1S/C26H41N3O3/c1-9-19(16-27(8)26(5,6)7)21-12-13-22-23(14-21)28(25(31)32-17(2)3)15-18(4)29(22)24(30)20-10-11-20/h12-14,17-20H,9-11,15-16H2,1-8H3/t18-,19?/m0/s1. The maximum absolute atomic E-state index is 13.1. The zero-order valence-corrected chi connectivity index (χ0v) is 21.1. The van der Waals surface area contributed by atoms with Gasteiger partial charge in [-0.25, -0.2) is 4.79 Å². The minimum absolute atomic E-state index is 0.0810. The topological polar surface area (TPSA) is 53.1 Å². The molecule has 0 N–H and O–H groups in total. The third-order valence-corrected chi connectivity index (χ3v) is 6.76. The molecule has 0 saturated heterocycles. The average molecular weight is 444 g/mol. The summed E-state index contributed by atoms with van der Waals surface area (Å²) in [6, 6.07) is 6.20. The minimum atomic E-state index is -0.344. The summed E-state index contributed by atoms with van der Waals surface area (Å²) in [5, 5.41) is 0. The Kier molecular flexibility index (Phi) is 7.23. The zero-order valence-electron chi connectivity index (χ0n) is 21.1. The van der Waals surface area contributed by atoms with Gasteiger partial charge in [0.1, 0.15) is 0 Å². The lowest BCUT2D eigenvalue weighted by Gasteiger charge is -2.41. The Hall–Kier alpha value is -2.08. The summed E-state index contributed by atoms with van der Waals surface area (Å²) < 4.78 is 5.56. The molecule has 1 fully saturated rings. The van der Waals surface area contributed by atoms with Gasteiger partial charge in [-0.2, -0.15) is 0 Å². The third-order valence-electron chi connectivity index (χ3n) is 6.76. The van der Waals surface area contributed by atoms with Gasteiger partial charge in [-0.15, -0.1) is 0 Å². The molecule has 0 radical (unpaired) electrons. The van der Waals surface area contributed by atoms with Crippen LogP contribution >= 0.6 is 0 Å². The summed E-state index contributed by atoms with van der Waals surface area (Å²) in [5.74, 6) is 0.644. The summed E-state index contributed by atoms with van der Waals surface area (Å²) in [7, 11) is 2.16. The van der Waals surface area contributed by atoms with Gasteiger partial charge in [-0.1, -0.05) is 13.0 Å². The molecule has 0 bridgehead atoms. The van der Waals surface area contributed by atoms with Crippen LogP contribution in [0.15, 0.2) is 18.2 Å². The van der Waals surface area contributed by atoms with E-state index in [9.17, 15) is 9.59 Å². The molecule has 178 valence electrons. The van der Waals surface area contributed by atoms with E-state index in [0.29, 0.717) is 12.5 Å². The Morgan fingerprint density at radius 1 is 1.19 bits per heavy atom. The first-order valence-electron chi connectivity index (χ1n) is 12.1. The molecular weight excluding hydrogens is 402 g/mol. The number of rotatable bonds is 6. The molecule has 1 aromatic carbocycles. The van der Waals surface area contributed by atoms with Crippen molar-refractivity contribution in [3.8, 4) is 0 Å². The van der Waals surface area contributed by atoms with Crippen LogP contribution in [0.5, 0.6) is 0 Å². The fourth-order valence-corrected chi connectivity index (χ4v) is 4.27. The molecule has 2 atom stereocenters. The molecule has 1 aromatic rings. The van der Waals surface area contributed by atoms with Gasteiger partial charge in [0, 0.05) is 24.5 Å². The van der Waals surface area contributed by atoms with Crippen molar-refractivity contribution in [2.45, 2.75) is 91.3 Å². The van der Waals surface area contributed by atoms with Gasteiger partial charge >= 0.3 is 6.09 Å². The first-order chi connectivity index (χ1) is 14.9. The molecule has 1 saturated carbocycles. The molecule has 6 heteroatoms. The summed E-state index contributed by atoms with van der Waals surface area (Å²) in [5.41, 5.74) is 2.89. The van der Waals surface area contributed by atoms with Gasteiger partial charge in [0.2, 0.25) is 5.91 Å². The minimum Gasteiger partial charge on any atom is -0.446 e. The molecule has 1 aliphatic heterocycles. The first-order valence-corrected chi connectivity index (χ1v) is 12.1. The van der Waals surface area contributed by atoms with Crippen LogP contribution in [0.25, 0.3) is 0 Å². The van der Waals surface area contributed by atoms with Gasteiger partial charge in [0.25, 0.3) is 0 Å². The van der Waals surface area contributed by atoms with Gasteiger partial charge in [0.05, 0.1) is 23.5 Å². The van der Waals surface area contributed by atoms with Gasteiger partial charge in [-0.3, -0.25) is 9.69 Å². The van der Waals surface area contributed by atoms with Gasteiger partial charge < -0.3 is 14.5 Å². The summed E-state index contributed by atoms with van der Waals surface area (Å²) in [6.45, 7) is 16.0. The smallest absolute Gasteiger partial charge is 0.414 e. The Bertz CT molecular complexity index is 841. The van der Waals surface area contributed by atoms with Crippen molar-refractivity contribution in [2.24, 2.45) is 5.92 Å². The molecule has 32 heavy (non-hydrogen) atoms. The maximum atomic E-state index is 13.1. The third kappa shape index (κ3) is 5.28. The van der Waals surface area contributed by atoms with E-state index >= 15 is 0 Å².